The molecule has 4 N–H and O–H groups in total. The predicted octanol–water partition coefficient (Wildman–Crippen LogP) is 4.39. The zero-order valence-corrected chi connectivity index (χ0v) is 18.5. The van der Waals surface area contributed by atoms with Crippen LogP contribution in [0.2, 0.25) is 0 Å². The van der Waals surface area contributed by atoms with Crippen LogP contribution in [0, 0.1) is 0 Å². The molecule has 0 saturated carbocycles. The molecule has 0 spiro atoms. The van der Waals surface area contributed by atoms with E-state index in [1.807, 2.05) is 32.0 Å². The Bertz CT molecular complexity index is 1080. The second kappa shape index (κ2) is 8.72. The fraction of sp³-hybridized carbons (Fsp3) is 0.381. The van der Waals surface area contributed by atoms with Crippen LogP contribution in [0.1, 0.15) is 38.1 Å². The van der Waals surface area contributed by atoms with Crippen LogP contribution < -0.4 is 16.0 Å². The molecule has 0 fully saturated rings. The number of aromatic nitrogens is 2. The van der Waals surface area contributed by atoms with Crippen molar-refractivity contribution in [2.45, 2.75) is 45.3 Å². The van der Waals surface area contributed by atoms with E-state index in [1.54, 1.807) is 11.6 Å². The molecule has 2 heterocycles. The van der Waals surface area contributed by atoms with Gasteiger partial charge in [-0.15, -0.1) is 11.3 Å². The smallest absolute Gasteiger partial charge is 0.292 e. The monoisotopic (exact) mass is 449 g/mol. The number of thiazole rings is 1. The zero-order chi connectivity index (χ0) is 22.8. The Morgan fingerprint density at radius 1 is 1.23 bits per heavy atom. The first-order valence-electron chi connectivity index (χ1n) is 9.71. The van der Waals surface area contributed by atoms with E-state index >= 15 is 0 Å². The number of pyridine rings is 1. The summed E-state index contributed by atoms with van der Waals surface area (Å²) in [7, 11) is 0. The van der Waals surface area contributed by atoms with E-state index in [4.69, 9.17) is 0 Å². The molecule has 3 aromatic rings. The minimum absolute atomic E-state index is 0.00633. The summed E-state index contributed by atoms with van der Waals surface area (Å²) < 4.78 is 29.0. The summed E-state index contributed by atoms with van der Waals surface area (Å²) in [6.07, 6.45) is 1.33. The molecule has 31 heavy (non-hydrogen) atoms. The maximum atomic E-state index is 14.0. The lowest BCUT2D eigenvalue weighted by Crippen LogP contribution is -2.50. The normalized spacial score (nSPS) is 12.3. The van der Waals surface area contributed by atoms with Crippen LogP contribution in [-0.4, -0.2) is 45.1 Å². The fourth-order valence-corrected chi connectivity index (χ4v) is 3.43. The van der Waals surface area contributed by atoms with Gasteiger partial charge in [-0.3, -0.25) is 4.79 Å². The van der Waals surface area contributed by atoms with Gasteiger partial charge in [-0.25, -0.2) is 18.7 Å². The van der Waals surface area contributed by atoms with Crippen molar-refractivity contribution < 1.29 is 18.7 Å². The minimum atomic E-state index is -3.49. The first-order valence-corrected chi connectivity index (χ1v) is 10.6. The second-order valence-electron chi connectivity index (χ2n) is 8.02. The van der Waals surface area contributed by atoms with Crippen LogP contribution in [0.5, 0.6) is 0 Å². The van der Waals surface area contributed by atoms with Crippen molar-refractivity contribution >= 4 is 44.7 Å². The molecule has 0 bridgehead atoms. The Morgan fingerprint density at radius 2 is 1.97 bits per heavy atom. The number of rotatable bonds is 8. The molecule has 0 aliphatic rings. The highest BCUT2D eigenvalue weighted by molar-refractivity contribution is 7.16. The number of aliphatic hydroxyl groups is 1. The maximum absolute atomic E-state index is 14.0. The van der Waals surface area contributed by atoms with Crippen LogP contribution in [0.4, 0.5) is 26.0 Å². The number of benzene rings is 1. The molecule has 0 aliphatic heterocycles. The average molecular weight is 450 g/mol. The molecule has 1 aromatic carbocycles. The highest BCUT2D eigenvalue weighted by Crippen LogP contribution is 2.28. The lowest BCUT2D eigenvalue weighted by atomic mass is 10.0. The molecule has 1 amide bonds. The van der Waals surface area contributed by atoms with Gasteiger partial charge in [-0.1, -0.05) is 0 Å². The predicted molar refractivity (Wildman–Crippen MR) is 119 cm³/mol. The van der Waals surface area contributed by atoms with Gasteiger partial charge in [-0.05, 0) is 45.9 Å². The number of nitrogens with one attached hydrogen (secondary N) is 3. The quantitative estimate of drug-likeness (QED) is 0.407. The molecular formula is C21H25F2N5O2S. The summed E-state index contributed by atoms with van der Waals surface area (Å²) in [4.78, 5) is 21.1. The van der Waals surface area contributed by atoms with Gasteiger partial charge in [0.25, 0.3) is 11.8 Å². The molecule has 7 nitrogen and oxygen atoms in total. The Morgan fingerprint density at radius 3 is 2.65 bits per heavy atom. The highest BCUT2D eigenvalue weighted by atomic mass is 32.1. The van der Waals surface area contributed by atoms with E-state index in [-0.39, 0.29) is 11.6 Å². The number of amides is 1. The van der Waals surface area contributed by atoms with E-state index < -0.39 is 24.0 Å². The molecule has 0 aliphatic carbocycles. The highest BCUT2D eigenvalue weighted by Gasteiger charge is 2.45. The fourth-order valence-electron chi connectivity index (χ4n) is 2.72. The van der Waals surface area contributed by atoms with Crippen molar-refractivity contribution in [1.82, 2.24) is 15.3 Å². The summed E-state index contributed by atoms with van der Waals surface area (Å²) >= 11 is 1.52. The van der Waals surface area contributed by atoms with Crippen LogP contribution >= 0.6 is 11.3 Å². The van der Waals surface area contributed by atoms with Crippen LogP contribution in [0.3, 0.4) is 0 Å². The molecule has 0 saturated heterocycles. The Hall–Kier alpha value is -2.85. The first kappa shape index (κ1) is 22.8. The van der Waals surface area contributed by atoms with Gasteiger partial charge >= 0.3 is 0 Å². The third kappa shape index (κ3) is 5.45. The van der Waals surface area contributed by atoms with Gasteiger partial charge in [0.05, 0.1) is 33.5 Å². The molecule has 0 radical (unpaired) electrons. The van der Waals surface area contributed by atoms with E-state index in [9.17, 15) is 18.7 Å². The van der Waals surface area contributed by atoms with Gasteiger partial charge in [0.15, 0.2) is 0 Å². The Labute approximate surface area is 182 Å². The average Bonchev–Trinajstić information content (AvgIpc) is 3.13. The van der Waals surface area contributed by atoms with Crippen LogP contribution in [-0.2, 0) is 0 Å². The Kier molecular flexibility index (Phi) is 6.42. The van der Waals surface area contributed by atoms with Gasteiger partial charge in [-0.2, -0.15) is 0 Å². The van der Waals surface area contributed by atoms with Crippen molar-refractivity contribution in [1.29, 1.82) is 0 Å². The standard InChI is InChI=1S/C21H25F2N5O2S/c1-12(2)27-16-8-18(28-13-5-6-15-17(7-13)31-11-26-15)24-9-14(16)19(29)25-10-21(22,23)20(3,4)30/h5-9,11-12,30H,10H2,1-4H3,(H,25,29)(H2,24,27,28). The number of hydrogen-bond donors (Lipinski definition) is 4. The number of hydrogen-bond acceptors (Lipinski definition) is 7. The van der Waals surface area contributed by atoms with E-state index in [0.29, 0.717) is 11.5 Å². The van der Waals surface area contributed by atoms with Gasteiger partial charge in [0.2, 0.25) is 0 Å². The lowest BCUT2D eigenvalue weighted by Gasteiger charge is -2.29. The molecule has 10 heteroatoms. The SMILES string of the molecule is CC(C)Nc1cc(Nc2ccc3ncsc3c2)ncc1C(=O)NCC(F)(F)C(C)(C)O. The summed E-state index contributed by atoms with van der Waals surface area (Å²) in [6.45, 7) is 4.79. The summed E-state index contributed by atoms with van der Waals surface area (Å²) in [5.74, 6) is -3.71. The summed E-state index contributed by atoms with van der Waals surface area (Å²) in [5.41, 5.74) is 1.80. The van der Waals surface area contributed by atoms with Crippen molar-refractivity contribution in [2.75, 3.05) is 17.2 Å². The molecule has 2 aromatic heterocycles. The largest absolute Gasteiger partial charge is 0.384 e. The zero-order valence-electron chi connectivity index (χ0n) is 17.7. The minimum Gasteiger partial charge on any atom is -0.384 e. The topological polar surface area (TPSA) is 99.2 Å². The molecule has 166 valence electrons. The number of nitrogens with zero attached hydrogens (tertiary/aromatic N) is 2. The van der Waals surface area contributed by atoms with Crippen LogP contribution in [0.25, 0.3) is 10.2 Å². The van der Waals surface area contributed by atoms with Gasteiger partial charge in [0, 0.05) is 24.0 Å². The number of anilines is 3. The third-order valence-electron chi connectivity index (χ3n) is 4.56. The number of fused-ring (bicyclic) bond motifs is 1. The first-order chi connectivity index (χ1) is 14.5. The second-order valence-corrected chi connectivity index (χ2v) is 8.91. The number of carbonyl (C=O) groups excluding carboxylic acids is 1. The van der Waals surface area contributed by atoms with E-state index in [0.717, 1.165) is 29.8 Å². The third-order valence-corrected chi connectivity index (χ3v) is 5.35. The lowest BCUT2D eigenvalue weighted by molar-refractivity contribution is -0.156. The maximum Gasteiger partial charge on any atom is 0.292 e. The summed E-state index contributed by atoms with van der Waals surface area (Å²) in [6, 6.07) is 7.36. The van der Waals surface area contributed by atoms with Crippen molar-refractivity contribution in [3.05, 3.63) is 41.5 Å². The summed E-state index contributed by atoms with van der Waals surface area (Å²) in [5, 5.41) is 18.1. The molecule has 0 atom stereocenters. The number of alkyl halides is 2. The van der Waals surface area contributed by atoms with Gasteiger partial charge < -0.3 is 21.1 Å². The van der Waals surface area contributed by atoms with Crippen LogP contribution in [0.15, 0.2) is 36.0 Å². The van der Waals surface area contributed by atoms with Gasteiger partial charge in [0.1, 0.15) is 11.4 Å². The Balaban J connectivity index is 1.81. The van der Waals surface area contributed by atoms with Crippen molar-refractivity contribution in [3.63, 3.8) is 0 Å². The van der Waals surface area contributed by atoms with E-state index in [2.05, 4.69) is 25.9 Å². The van der Waals surface area contributed by atoms with Crippen molar-refractivity contribution in [3.8, 4) is 0 Å². The van der Waals surface area contributed by atoms with Crippen molar-refractivity contribution in [2.24, 2.45) is 0 Å². The molecular weight excluding hydrogens is 424 g/mol. The number of carbonyl (C=O) groups is 1. The molecule has 3 rings (SSSR count). The molecule has 0 unspecified atom stereocenters. The number of halogens is 2. The van der Waals surface area contributed by atoms with E-state index in [1.165, 1.54) is 17.5 Å².